The van der Waals surface area contributed by atoms with E-state index in [2.05, 4.69) is 5.32 Å². The summed E-state index contributed by atoms with van der Waals surface area (Å²) in [6.07, 6.45) is 0. The zero-order chi connectivity index (χ0) is 21.3. The second kappa shape index (κ2) is 9.92. The van der Waals surface area contributed by atoms with Gasteiger partial charge in [0.15, 0.2) is 18.1 Å². The Kier molecular flexibility index (Phi) is 6.83. The van der Waals surface area contributed by atoms with Gasteiger partial charge in [-0.05, 0) is 49.4 Å². The maximum Gasteiger partial charge on any atom is 0.310 e. The molecule has 0 bridgehead atoms. The van der Waals surface area contributed by atoms with Crippen LogP contribution in [0.5, 0.6) is 23.0 Å². The third-order valence-corrected chi connectivity index (χ3v) is 3.94. The largest absolute Gasteiger partial charge is 0.494 e. The van der Waals surface area contributed by atoms with E-state index < -0.39 is 10.8 Å². The molecule has 0 aliphatic carbocycles. The maximum absolute atomic E-state index is 12.3. The molecule has 0 aliphatic rings. The van der Waals surface area contributed by atoms with Crippen LogP contribution in [0.4, 0.5) is 11.4 Å². The minimum Gasteiger partial charge on any atom is -0.494 e. The van der Waals surface area contributed by atoms with Crippen LogP contribution >= 0.6 is 0 Å². The van der Waals surface area contributed by atoms with Crippen LogP contribution in [0.1, 0.15) is 6.92 Å². The number of nitrogens with one attached hydrogen (secondary N) is 1. The molecule has 0 fully saturated rings. The SMILES string of the molecule is CCOc1ccc(Oc2ccccc2NC(=O)COc2ccccc2[N+](=O)[O-])cc1. The number of para-hydroxylation sites is 4. The van der Waals surface area contributed by atoms with Crippen molar-refractivity contribution in [2.75, 3.05) is 18.5 Å². The Morgan fingerprint density at radius 2 is 1.53 bits per heavy atom. The van der Waals surface area contributed by atoms with Crippen LogP contribution in [0.3, 0.4) is 0 Å². The number of carbonyl (C=O) groups excluding carboxylic acids is 1. The van der Waals surface area contributed by atoms with E-state index in [1.54, 1.807) is 54.6 Å². The molecule has 3 aromatic rings. The topological polar surface area (TPSA) is 99.9 Å². The van der Waals surface area contributed by atoms with Crippen molar-refractivity contribution in [3.63, 3.8) is 0 Å². The van der Waals surface area contributed by atoms with E-state index in [9.17, 15) is 14.9 Å². The van der Waals surface area contributed by atoms with Gasteiger partial charge in [0.2, 0.25) is 0 Å². The van der Waals surface area contributed by atoms with Crippen LogP contribution in [-0.4, -0.2) is 24.0 Å². The van der Waals surface area contributed by atoms with Crippen molar-refractivity contribution >= 4 is 17.3 Å². The molecular formula is C22H20N2O6. The average Bonchev–Trinajstić information content (AvgIpc) is 2.75. The highest BCUT2D eigenvalue weighted by molar-refractivity contribution is 5.93. The molecule has 0 radical (unpaired) electrons. The van der Waals surface area contributed by atoms with E-state index >= 15 is 0 Å². The first-order valence-corrected chi connectivity index (χ1v) is 9.22. The number of anilines is 1. The molecule has 8 nitrogen and oxygen atoms in total. The summed E-state index contributed by atoms with van der Waals surface area (Å²) >= 11 is 0. The van der Waals surface area contributed by atoms with Crippen LogP contribution in [0.2, 0.25) is 0 Å². The van der Waals surface area contributed by atoms with E-state index in [0.717, 1.165) is 5.75 Å². The molecule has 0 atom stereocenters. The van der Waals surface area contributed by atoms with Crippen molar-refractivity contribution in [2.45, 2.75) is 6.92 Å². The highest BCUT2D eigenvalue weighted by Gasteiger charge is 2.15. The van der Waals surface area contributed by atoms with Gasteiger partial charge < -0.3 is 19.5 Å². The summed E-state index contributed by atoms with van der Waals surface area (Å²) in [6.45, 7) is 2.09. The second-order valence-electron chi connectivity index (χ2n) is 6.06. The van der Waals surface area contributed by atoms with Crippen LogP contribution in [0.25, 0.3) is 0 Å². The molecule has 0 aromatic heterocycles. The van der Waals surface area contributed by atoms with Gasteiger partial charge in [0, 0.05) is 6.07 Å². The summed E-state index contributed by atoms with van der Waals surface area (Å²) in [4.78, 5) is 22.8. The predicted molar refractivity (Wildman–Crippen MR) is 111 cm³/mol. The fourth-order valence-electron chi connectivity index (χ4n) is 2.62. The minimum atomic E-state index is -0.562. The number of nitro benzene ring substituents is 1. The van der Waals surface area contributed by atoms with Gasteiger partial charge in [-0.15, -0.1) is 0 Å². The third kappa shape index (κ3) is 5.48. The number of amides is 1. The van der Waals surface area contributed by atoms with Crippen LogP contribution < -0.4 is 19.5 Å². The first kappa shape index (κ1) is 20.7. The number of rotatable bonds is 9. The Morgan fingerprint density at radius 3 is 2.23 bits per heavy atom. The Bertz CT molecular complexity index is 1020. The van der Waals surface area contributed by atoms with E-state index in [1.165, 1.54) is 18.2 Å². The van der Waals surface area contributed by atoms with Crippen LogP contribution in [0, 0.1) is 10.1 Å². The van der Waals surface area contributed by atoms with Crippen LogP contribution in [-0.2, 0) is 4.79 Å². The Hall–Kier alpha value is -4.07. The van der Waals surface area contributed by atoms with Crippen molar-refractivity contribution in [1.82, 2.24) is 0 Å². The van der Waals surface area contributed by atoms with E-state index in [1.807, 2.05) is 6.92 Å². The number of nitro groups is 1. The smallest absolute Gasteiger partial charge is 0.310 e. The van der Waals surface area contributed by atoms with Crippen molar-refractivity contribution < 1.29 is 23.9 Å². The maximum atomic E-state index is 12.3. The number of hydrogen-bond donors (Lipinski definition) is 1. The first-order chi connectivity index (χ1) is 14.6. The molecule has 0 saturated heterocycles. The lowest BCUT2D eigenvalue weighted by molar-refractivity contribution is -0.385. The van der Waals surface area contributed by atoms with Gasteiger partial charge in [-0.2, -0.15) is 0 Å². The average molecular weight is 408 g/mol. The number of benzene rings is 3. The molecule has 30 heavy (non-hydrogen) atoms. The van der Waals surface area contributed by atoms with Crippen molar-refractivity contribution in [3.8, 4) is 23.0 Å². The number of carbonyl (C=O) groups is 1. The second-order valence-corrected chi connectivity index (χ2v) is 6.06. The van der Waals surface area contributed by atoms with Gasteiger partial charge in [0.05, 0.1) is 17.2 Å². The molecule has 0 heterocycles. The molecule has 8 heteroatoms. The van der Waals surface area contributed by atoms with E-state index in [4.69, 9.17) is 14.2 Å². The standard InChI is InChI=1S/C22H20N2O6/c1-2-28-16-11-13-17(14-12-16)30-20-9-5-3-7-18(20)23-22(25)15-29-21-10-6-4-8-19(21)24(26)27/h3-14H,2,15H2,1H3,(H,23,25). The first-order valence-electron chi connectivity index (χ1n) is 9.22. The lowest BCUT2D eigenvalue weighted by atomic mass is 10.2. The summed E-state index contributed by atoms with van der Waals surface area (Å²) in [5, 5.41) is 13.7. The van der Waals surface area contributed by atoms with Gasteiger partial charge in [0.1, 0.15) is 11.5 Å². The molecule has 3 aromatic carbocycles. The lowest BCUT2D eigenvalue weighted by Crippen LogP contribution is -2.20. The number of ether oxygens (including phenoxy) is 3. The van der Waals surface area contributed by atoms with Crippen molar-refractivity contribution in [3.05, 3.63) is 82.9 Å². The molecule has 1 amide bonds. The quantitative estimate of drug-likeness (QED) is 0.403. The molecule has 1 N–H and O–H groups in total. The normalized spacial score (nSPS) is 10.2. The molecule has 0 aliphatic heterocycles. The van der Waals surface area contributed by atoms with Crippen LogP contribution in [0.15, 0.2) is 72.8 Å². The van der Waals surface area contributed by atoms with Gasteiger partial charge in [-0.25, -0.2) is 0 Å². The van der Waals surface area contributed by atoms with E-state index in [-0.39, 0.29) is 18.0 Å². The summed E-state index contributed by atoms with van der Waals surface area (Å²) < 4.78 is 16.6. The number of nitrogens with zero attached hydrogens (tertiary/aromatic N) is 1. The van der Waals surface area contributed by atoms with Gasteiger partial charge in [0.25, 0.3) is 5.91 Å². The molecular weight excluding hydrogens is 388 g/mol. The van der Waals surface area contributed by atoms with E-state index in [0.29, 0.717) is 23.8 Å². The summed E-state index contributed by atoms with van der Waals surface area (Å²) in [5.74, 6) is 1.31. The molecule has 0 unspecified atom stereocenters. The Morgan fingerprint density at radius 1 is 0.900 bits per heavy atom. The highest BCUT2D eigenvalue weighted by Crippen LogP contribution is 2.30. The third-order valence-electron chi connectivity index (χ3n) is 3.94. The van der Waals surface area contributed by atoms with Gasteiger partial charge in [-0.1, -0.05) is 24.3 Å². The number of hydrogen-bond acceptors (Lipinski definition) is 6. The highest BCUT2D eigenvalue weighted by atomic mass is 16.6. The zero-order valence-corrected chi connectivity index (χ0v) is 16.2. The van der Waals surface area contributed by atoms with Crippen molar-refractivity contribution in [1.29, 1.82) is 0 Å². The van der Waals surface area contributed by atoms with Gasteiger partial charge in [-0.3, -0.25) is 14.9 Å². The fourth-order valence-corrected chi connectivity index (χ4v) is 2.62. The molecule has 154 valence electrons. The molecule has 3 rings (SSSR count). The van der Waals surface area contributed by atoms with Gasteiger partial charge >= 0.3 is 5.69 Å². The molecule has 0 saturated carbocycles. The summed E-state index contributed by atoms with van der Waals surface area (Å²) in [7, 11) is 0. The Balaban J connectivity index is 1.64. The van der Waals surface area contributed by atoms with Crippen molar-refractivity contribution in [2.24, 2.45) is 0 Å². The monoisotopic (exact) mass is 408 g/mol. The summed E-state index contributed by atoms with van der Waals surface area (Å²) in [5.41, 5.74) is 0.243. The fraction of sp³-hybridized carbons (Fsp3) is 0.136. The lowest BCUT2D eigenvalue weighted by Gasteiger charge is -2.13. The Labute approximate surface area is 173 Å². The molecule has 0 spiro atoms. The summed E-state index contributed by atoms with van der Waals surface area (Å²) in [6, 6.07) is 19.9. The zero-order valence-electron chi connectivity index (χ0n) is 16.2. The predicted octanol–water partition coefficient (Wildman–Crippen LogP) is 4.80. The minimum absolute atomic E-state index is 0.0246.